The van der Waals surface area contributed by atoms with E-state index in [1.807, 2.05) is 61.4 Å². The molecule has 0 saturated carbocycles. The number of hydrogen-bond acceptors (Lipinski definition) is 4. The predicted molar refractivity (Wildman–Crippen MR) is 135 cm³/mol. The van der Waals surface area contributed by atoms with Gasteiger partial charge in [0, 0.05) is 18.5 Å². The molecule has 0 radical (unpaired) electrons. The van der Waals surface area contributed by atoms with Crippen LogP contribution in [0.4, 0.5) is 0 Å². The summed E-state index contributed by atoms with van der Waals surface area (Å²) in [5, 5.41) is 13.6. The van der Waals surface area contributed by atoms with E-state index in [1.165, 1.54) is 0 Å². The Morgan fingerprint density at radius 1 is 1.06 bits per heavy atom. The van der Waals surface area contributed by atoms with E-state index in [0.717, 1.165) is 11.1 Å². The van der Waals surface area contributed by atoms with E-state index in [1.54, 1.807) is 29.2 Å². The van der Waals surface area contributed by atoms with Gasteiger partial charge < -0.3 is 14.7 Å². The highest BCUT2D eigenvalue weighted by Crippen LogP contribution is 2.39. The first-order valence-corrected chi connectivity index (χ1v) is 12.4. The van der Waals surface area contributed by atoms with Crippen molar-refractivity contribution in [1.29, 1.82) is 0 Å². The van der Waals surface area contributed by atoms with Crippen LogP contribution in [0.2, 0.25) is 0 Å². The van der Waals surface area contributed by atoms with Crippen molar-refractivity contribution < 1.29 is 24.0 Å². The molecule has 1 aromatic heterocycles. The number of benzene rings is 2. The summed E-state index contributed by atoms with van der Waals surface area (Å²) in [7, 11) is 0. The number of aromatic amines is 1. The van der Waals surface area contributed by atoms with Crippen LogP contribution in [0.15, 0.2) is 72.8 Å². The standard InChI is InChI=1S/C29H33N3O4/c1-19(2)21-6-8-22(9-7-21)26-25(27(33)23-10-12-24(13-11-23)36-20(3)4)28(34)29(35)32(26)16-5-15-31-17-14-30-18-31/h6-14,17-20,26H,5,15-16H2,1-4H3,(H,33,34). The molecule has 1 fully saturated rings. The fourth-order valence-corrected chi connectivity index (χ4v) is 4.51. The normalized spacial score (nSPS) is 17.4. The quantitative estimate of drug-likeness (QED) is 0.216. The number of carbonyl (C=O) groups excluding carboxylic acids is 2. The molecule has 2 heterocycles. The second kappa shape index (κ2) is 10.8. The lowest BCUT2D eigenvalue weighted by Gasteiger charge is -2.27. The molecule has 4 rings (SSSR count). The molecule has 36 heavy (non-hydrogen) atoms. The highest BCUT2D eigenvalue weighted by atomic mass is 16.5. The van der Waals surface area contributed by atoms with Gasteiger partial charge in [-0.25, -0.2) is 4.57 Å². The molecule has 1 saturated heterocycles. The van der Waals surface area contributed by atoms with Gasteiger partial charge in [0.05, 0.1) is 18.7 Å². The summed E-state index contributed by atoms with van der Waals surface area (Å²) in [5.41, 5.74) is 2.27. The Morgan fingerprint density at radius 3 is 2.33 bits per heavy atom. The predicted octanol–water partition coefficient (Wildman–Crippen LogP) is 3.53. The van der Waals surface area contributed by atoms with Crippen LogP contribution >= 0.6 is 0 Å². The first-order valence-electron chi connectivity index (χ1n) is 12.4. The number of aromatic nitrogens is 2. The summed E-state index contributed by atoms with van der Waals surface area (Å²) in [6.45, 7) is 9.11. The van der Waals surface area contributed by atoms with Gasteiger partial charge in [0.25, 0.3) is 5.91 Å². The SMILES string of the molecule is CC(C)Oc1ccc(/C([O-])=C2\C(=O)C(=O)N(CCC[n+]3cc[nH]c3)C2c2ccc(C(C)C)cc2)cc1. The van der Waals surface area contributed by atoms with Gasteiger partial charge in [-0.1, -0.05) is 56.0 Å². The Bertz CT molecular complexity index is 1230. The van der Waals surface area contributed by atoms with E-state index in [-0.39, 0.29) is 11.7 Å². The van der Waals surface area contributed by atoms with Gasteiger partial charge in [0.2, 0.25) is 12.1 Å². The van der Waals surface area contributed by atoms with Gasteiger partial charge in [-0.05, 0) is 48.6 Å². The summed E-state index contributed by atoms with van der Waals surface area (Å²) < 4.78 is 7.65. The molecule has 1 aliphatic rings. The molecule has 3 aromatic rings. The third-order valence-electron chi connectivity index (χ3n) is 6.35. The number of Topliss-reactive ketones (excluding diaryl/α,β-unsaturated/α-hetero) is 1. The average molecular weight is 488 g/mol. The first-order chi connectivity index (χ1) is 17.3. The number of H-pyrrole nitrogens is 1. The molecular formula is C29H33N3O4. The van der Waals surface area contributed by atoms with E-state index in [0.29, 0.717) is 36.7 Å². The van der Waals surface area contributed by atoms with Gasteiger partial charge in [0.1, 0.15) is 18.1 Å². The zero-order valence-electron chi connectivity index (χ0n) is 21.2. The van der Waals surface area contributed by atoms with Gasteiger partial charge in [-0.2, -0.15) is 0 Å². The molecule has 0 spiro atoms. The summed E-state index contributed by atoms with van der Waals surface area (Å²) in [4.78, 5) is 30.9. The number of likely N-dealkylation sites (tertiary alicyclic amines) is 1. The lowest BCUT2D eigenvalue weighted by Crippen LogP contribution is -2.36. The van der Waals surface area contributed by atoms with Gasteiger partial charge in [0.15, 0.2) is 0 Å². The number of nitrogens with zero attached hydrogens (tertiary/aromatic N) is 2. The molecular weight excluding hydrogens is 454 g/mol. The van der Waals surface area contributed by atoms with Crippen LogP contribution < -0.4 is 14.4 Å². The van der Waals surface area contributed by atoms with E-state index in [9.17, 15) is 14.7 Å². The van der Waals surface area contributed by atoms with Crippen LogP contribution in [-0.4, -0.2) is 34.2 Å². The van der Waals surface area contributed by atoms with Crippen molar-refractivity contribution in [2.75, 3.05) is 6.54 Å². The lowest BCUT2D eigenvalue weighted by molar-refractivity contribution is -0.695. The Morgan fingerprint density at radius 2 is 1.75 bits per heavy atom. The summed E-state index contributed by atoms with van der Waals surface area (Å²) in [6.07, 6.45) is 6.22. The number of nitrogens with one attached hydrogen (secondary N) is 1. The van der Waals surface area contributed by atoms with Gasteiger partial charge in [-0.15, -0.1) is 0 Å². The summed E-state index contributed by atoms with van der Waals surface area (Å²) in [6, 6.07) is 13.9. The monoisotopic (exact) mass is 487 g/mol. The zero-order chi connectivity index (χ0) is 25.8. The molecule has 1 amide bonds. The maximum absolute atomic E-state index is 13.6. The van der Waals surface area contributed by atoms with E-state index in [4.69, 9.17) is 4.74 Å². The van der Waals surface area contributed by atoms with Crippen molar-refractivity contribution >= 4 is 17.4 Å². The van der Waals surface area contributed by atoms with Crippen molar-refractivity contribution in [2.45, 2.75) is 58.7 Å². The van der Waals surface area contributed by atoms with Gasteiger partial charge in [-0.3, -0.25) is 14.6 Å². The van der Waals surface area contributed by atoms with E-state index >= 15 is 0 Å². The number of carbonyl (C=O) groups is 2. The van der Waals surface area contributed by atoms with Crippen LogP contribution in [0.25, 0.3) is 5.76 Å². The Labute approximate surface area is 212 Å². The second-order valence-corrected chi connectivity index (χ2v) is 9.69. The Hall–Kier alpha value is -3.87. The average Bonchev–Trinajstić information content (AvgIpc) is 3.46. The summed E-state index contributed by atoms with van der Waals surface area (Å²) >= 11 is 0. The number of imidazole rings is 1. The van der Waals surface area contributed by atoms with Crippen LogP contribution in [0.3, 0.4) is 0 Å². The smallest absolute Gasteiger partial charge is 0.295 e. The number of rotatable bonds is 9. The van der Waals surface area contributed by atoms with Gasteiger partial charge >= 0.3 is 0 Å². The van der Waals surface area contributed by atoms with E-state index in [2.05, 4.69) is 18.8 Å². The Kier molecular flexibility index (Phi) is 7.58. The third-order valence-corrected chi connectivity index (χ3v) is 6.35. The van der Waals surface area contributed by atoms with Crippen LogP contribution in [0.1, 0.15) is 62.8 Å². The van der Waals surface area contributed by atoms with Crippen LogP contribution in [0, 0.1) is 0 Å². The molecule has 7 heteroatoms. The number of hydrogen-bond donors (Lipinski definition) is 1. The minimum atomic E-state index is -0.727. The number of amides is 1. The fraction of sp³-hybridized carbons (Fsp3) is 0.345. The molecule has 7 nitrogen and oxygen atoms in total. The van der Waals surface area contributed by atoms with Crippen molar-refractivity contribution in [3.63, 3.8) is 0 Å². The number of aryl methyl sites for hydroxylation is 1. The maximum atomic E-state index is 13.6. The topological polar surface area (TPSA) is 89.3 Å². The first kappa shape index (κ1) is 25.2. The third kappa shape index (κ3) is 5.35. The molecule has 0 bridgehead atoms. The molecule has 1 atom stereocenters. The summed E-state index contributed by atoms with van der Waals surface area (Å²) in [5.74, 6) is -0.795. The van der Waals surface area contributed by atoms with Crippen molar-refractivity contribution in [3.8, 4) is 5.75 Å². The van der Waals surface area contributed by atoms with Crippen molar-refractivity contribution in [3.05, 3.63) is 89.5 Å². The number of ether oxygens (including phenoxy) is 1. The maximum Gasteiger partial charge on any atom is 0.295 e. The Balaban J connectivity index is 1.70. The molecule has 188 valence electrons. The molecule has 1 aliphatic heterocycles. The minimum absolute atomic E-state index is 0.00382. The highest BCUT2D eigenvalue weighted by Gasteiger charge is 2.43. The number of ketones is 1. The van der Waals surface area contributed by atoms with Crippen LogP contribution in [0.5, 0.6) is 5.75 Å². The van der Waals surface area contributed by atoms with Crippen molar-refractivity contribution in [1.82, 2.24) is 9.88 Å². The molecule has 2 aromatic carbocycles. The highest BCUT2D eigenvalue weighted by molar-refractivity contribution is 6.46. The minimum Gasteiger partial charge on any atom is -0.872 e. The molecule has 0 aliphatic carbocycles. The zero-order valence-corrected chi connectivity index (χ0v) is 21.2. The lowest BCUT2D eigenvalue weighted by atomic mass is 9.93. The molecule has 1 N–H and O–H groups in total. The second-order valence-electron chi connectivity index (χ2n) is 9.69. The van der Waals surface area contributed by atoms with Crippen molar-refractivity contribution in [2.24, 2.45) is 0 Å². The van der Waals surface area contributed by atoms with E-state index < -0.39 is 23.5 Å². The van der Waals surface area contributed by atoms with Crippen LogP contribution in [-0.2, 0) is 16.1 Å². The largest absolute Gasteiger partial charge is 0.872 e. The fourth-order valence-electron chi connectivity index (χ4n) is 4.51. The molecule has 1 unspecified atom stereocenters.